The summed E-state index contributed by atoms with van der Waals surface area (Å²) in [6, 6.07) is 4.94. The number of nitrogens with one attached hydrogen (secondary N) is 1. The molecule has 3 aromatic rings. The second-order valence-corrected chi connectivity index (χ2v) is 12.4. The molecule has 1 saturated heterocycles. The molecule has 0 bridgehead atoms. The number of nitrogens with zero attached hydrogens (tertiary/aromatic N) is 5. The predicted molar refractivity (Wildman–Crippen MR) is 168 cm³/mol. The number of carbonyl (C=O) groups is 3. The minimum Gasteiger partial charge on any atom is -0.494 e. The summed E-state index contributed by atoms with van der Waals surface area (Å²) in [7, 11) is 1.49. The Morgan fingerprint density at radius 2 is 1.87 bits per heavy atom. The Morgan fingerprint density at radius 1 is 1.13 bits per heavy atom. The summed E-state index contributed by atoms with van der Waals surface area (Å²) in [5, 5.41) is 8.16. The predicted octanol–water partition coefficient (Wildman–Crippen LogP) is 4.31. The van der Waals surface area contributed by atoms with Crippen LogP contribution in [0.4, 0.5) is 14.9 Å². The molecule has 1 aromatic carbocycles. The normalized spacial score (nSPS) is 16.4. The first kappa shape index (κ1) is 33.2. The van der Waals surface area contributed by atoms with Crippen molar-refractivity contribution in [1.29, 1.82) is 0 Å². The first-order valence-corrected chi connectivity index (χ1v) is 15.5. The van der Waals surface area contributed by atoms with E-state index in [4.69, 9.17) is 30.5 Å². The monoisotopic (exact) mass is 660 g/mol. The largest absolute Gasteiger partial charge is 0.494 e. The molecule has 4 heterocycles. The van der Waals surface area contributed by atoms with Gasteiger partial charge in [0.15, 0.2) is 5.69 Å². The van der Waals surface area contributed by atoms with Gasteiger partial charge in [-0.2, -0.15) is 5.10 Å². The molecule has 0 aliphatic carbocycles. The number of likely N-dealkylation sites (tertiary alicyclic amines) is 1. The molecule has 2 aliphatic heterocycles. The Balaban J connectivity index is 1.36. The third kappa shape index (κ3) is 6.97. The molecular formula is C31H38ClFN6O7. The molecule has 2 amide bonds. The number of rotatable bonds is 8. The molecule has 1 fully saturated rings. The van der Waals surface area contributed by atoms with Crippen LogP contribution in [-0.4, -0.2) is 102 Å². The van der Waals surface area contributed by atoms with Crippen molar-refractivity contribution in [3.8, 4) is 17.2 Å². The Hall–Kier alpha value is -4.17. The van der Waals surface area contributed by atoms with Crippen molar-refractivity contribution in [2.45, 2.75) is 51.8 Å². The van der Waals surface area contributed by atoms with E-state index in [2.05, 4.69) is 15.4 Å². The fourth-order valence-corrected chi connectivity index (χ4v) is 5.56. The van der Waals surface area contributed by atoms with Crippen molar-refractivity contribution in [3.63, 3.8) is 0 Å². The van der Waals surface area contributed by atoms with Crippen LogP contribution in [0.2, 0.25) is 5.15 Å². The summed E-state index contributed by atoms with van der Waals surface area (Å²) < 4.78 is 38.6. The second-order valence-electron chi connectivity index (χ2n) is 12.0. The maximum atomic E-state index is 14.9. The first-order valence-electron chi connectivity index (χ1n) is 15.1. The molecule has 2 aliphatic rings. The molecule has 1 N–H and O–H groups in total. The summed E-state index contributed by atoms with van der Waals surface area (Å²) in [6.07, 6.45) is 1.02. The van der Waals surface area contributed by atoms with Crippen LogP contribution in [0.5, 0.6) is 11.5 Å². The van der Waals surface area contributed by atoms with Crippen LogP contribution in [0.25, 0.3) is 16.6 Å². The molecule has 5 rings (SSSR count). The second kappa shape index (κ2) is 13.3. The van der Waals surface area contributed by atoms with Crippen LogP contribution in [0.15, 0.2) is 24.4 Å². The van der Waals surface area contributed by atoms with Gasteiger partial charge in [-0.3, -0.25) is 9.69 Å². The van der Waals surface area contributed by atoms with E-state index in [0.29, 0.717) is 53.4 Å². The van der Waals surface area contributed by atoms with Gasteiger partial charge in [-0.05, 0) is 27.7 Å². The van der Waals surface area contributed by atoms with Crippen molar-refractivity contribution in [3.05, 3.63) is 35.2 Å². The fraction of sp³-hybridized carbons (Fsp3) is 0.516. The van der Waals surface area contributed by atoms with Crippen LogP contribution in [0, 0.1) is 0 Å². The average molecular weight is 661 g/mol. The van der Waals surface area contributed by atoms with Gasteiger partial charge in [-0.1, -0.05) is 11.6 Å². The molecule has 248 valence electrons. The highest BCUT2D eigenvalue weighted by Crippen LogP contribution is 2.41. The molecule has 0 saturated carbocycles. The number of hydrogen-bond acceptors (Lipinski definition) is 10. The van der Waals surface area contributed by atoms with E-state index in [9.17, 15) is 18.8 Å². The number of ether oxygens (including phenoxy) is 4. The number of methoxy groups -OCH3 is 1. The van der Waals surface area contributed by atoms with Crippen LogP contribution in [0.1, 0.15) is 51.0 Å². The lowest BCUT2D eigenvalue weighted by molar-refractivity contribution is -0.160. The summed E-state index contributed by atoms with van der Waals surface area (Å²) in [6.45, 7) is 9.14. The minimum atomic E-state index is -1.98. The van der Waals surface area contributed by atoms with Gasteiger partial charge in [0.05, 0.1) is 36.9 Å². The zero-order valence-electron chi connectivity index (χ0n) is 26.5. The van der Waals surface area contributed by atoms with Gasteiger partial charge < -0.3 is 29.2 Å². The SMILES string of the molecule is CCOC(=O)C1(F)CCN(CCNC(=O)c2nn(-c3cc4c(cc3OC)N(C(=O)OC(C)(C)C)CCO4)c3cc(Cl)ncc23)CC1. The molecular weight excluding hydrogens is 623 g/mol. The van der Waals surface area contributed by atoms with E-state index >= 15 is 0 Å². The van der Waals surface area contributed by atoms with Gasteiger partial charge in [0, 0.05) is 63.4 Å². The number of fused-ring (bicyclic) bond motifs is 2. The third-order valence-electron chi connectivity index (χ3n) is 7.72. The van der Waals surface area contributed by atoms with Crippen LogP contribution < -0.4 is 19.7 Å². The summed E-state index contributed by atoms with van der Waals surface area (Å²) in [5.74, 6) is -0.495. The zero-order chi connectivity index (χ0) is 33.2. The zero-order valence-corrected chi connectivity index (χ0v) is 27.3. The summed E-state index contributed by atoms with van der Waals surface area (Å²) in [4.78, 5) is 46.0. The van der Waals surface area contributed by atoms with Crippen LogP contribution in [-0.2, 0) is 14.3 Å². The Labute approximate surface area is 270 Å². The van der Waals surface area contributed by atoms with E-state index in [1.807, 2.05) is 4.90 Å². The number of esters is 1. The van der Waals surface area contributed by atoms with E-state index in [0.717, 1.165) is 0 Å². The highest BCUT2D eigenvalue weighted by atomic mass is 35.5. The first-order chi connectivity index (χ1) is 21.8. The number of benzene rings is 1. The maximum absolute atomic E-state index is 14.9. The van der Waals surface area contributed by atoms with Gasteiger partial charge in [0.2, 0.25) is 5.67 Å². The molecule has 0 spiro atoms. The summed E-state index contributed by atoms with van der Waals surface area (Å²) >= 11 is 6.26. The smallest absolute Gasteiger partial charge is 0.415 e. The van der Waals surface area contributed by atoms with Gasteiger partial charge in [-0.15, -0.1) is 0 Å². The number of anilines is 1. The Morgan fingerprint density at radius 3 is 2.54 bits per heavy atom. The Bertz CT molecular complexity index is 1630. The van der Waals surface area contributed by atoms with Gasteiger partial charge >= 0.3 is 12.1 Å². The lowest BCUT2D eigenvalue weighted by Crippen LogP contribution is -2.48. The summed E-state index contributed by atoms with van der Waals surface area (Å²) in [5.41, 5.74) is -1.14. The molecule has 0 radical (unpaired) electrons. The number of piperidine rings is 1. The number of halogens is 2. The molecule has 0 unspecified atom stereocenters. The van der Waals surface area contributed by atoms with Crippen molar-refractivity contribution >= 4 is 46.2 Å². The van der Waals surface area contributed by atoms with E-state index in [1.54, 1.807) is 45.9 Å². The molecule has 13 nitrogen and oxygen atoms in total. The fourth-order valence-electron chi connectivity index (χ4n) is 5.41. The average Bonchev–Trinajstić information content (AvgIpc) is 3.38. The lowest BCUT2D eigenvalue weighted by Gasteiger charge is -2.34. The molecule has 46 heavy (non-hydrogen) atoms. The van der Waals surface area contributed by atoms with Crippen molar-refractivity contribution < 1.29 is 37.7 Å². The number of carbonyl (C=O) groups excluding carboxylic acids is 3. The number of hydrogen-bond donors (Lipinski definition) is 1. The highest BCUT2D eigenvalue weighted by Gasteiger charge is 2.43. The van der Waals surface area contributed by atoms with Crippen molar-refractivity contribution in [1.82, 2.24) is 25.0 Å². The number of amides is 2. The van der Waals surface area contributed by atoms with Crippen molar-refractivity contribution in [2.75, 3.05) is 57.9 Å². The minimum absolute atomic E-state index is 0.0309. The topological polar surface area (TPSA) is 137 Å². The van der Waals surface area contributed by atoms with Gasteiger partial charge in [-0.25, -0.2) is 23.6 Å². The quantitative estimate of drug-likeness (QED) is 0.275. The number of pyridine rings is 1. The molecule has 2 aromatic heterocycles. The van der Waals surface area contributed by atoms with Crippen LogP contribution >= 0.6 is 11.6 Å². The van der Waals surface area contributed by atoms with Crippen LogP contribution in [0.3, 0.4) is 0 Å². The third-order valence-corrected chi connectivity index (χ3v) is 7.92. The molecule has 0 atom stereocenters. The standard InChI is InChI=1S/C31H38ClFN6O7/c1-6-44-28(41)31(33)7-10-37(11-8-31)12-9-34-27(40)26-19-18-35-25(32)17-20(19)39(36-26)22-16-24-21(15-23(22)43-5)38(13-14-45-24)29(42)46-30(2,3)4/h15-18H,6-14H2,1-5H3,(H,34,40). The molecule has 15 heteroatoms. The van der Waals surface area contributed by atoms with E-state index < -0.39 is 29.2 Å². The maximum Gasteiger partial charge on any atom is 0.415 e. The van der Waals surface area contributed by atoms with E-state index in [-0.39, 0.29) is 50.0 Å². The van der Waals surface area contributed by atoms with Gasteiger partial charge in [0.1, 0.15) is 34.5 Å². The number of aromatic nitrogens is 3. The van der Waals surface area contributed by atoms with Crippen molar-refractivity contribution in [2.24, 2.45) is 0 Å². The van der Waals surface area contributed by atoms with E-state index in [1.165, 1.54) is 22.9 Å². The highest BCUT2D eigenvalue weighted by molar-refractivity contribution is 6.30. The number of alkyl halides is 1. The lowest BCUT2D eigenvalue weighted by atomic mass is 9.93. The Kier molecular flexibility index (Phi) is 9.59. The van der Waals surface area contributed by atoms with Gasteiger partial charge in [0.25, 0.3) is 5.91 Å².